The van der Waals surface area contributed by atoms with Crippen molar-refractivity contribution < 1.29 is 24.2 Å². The van der Waals surface area contributed by atoms with Gasteiger partial charge < -0.3 is 19.5 Å². The number of β-amino-alcohol motifs (C(OH)–C–C–N with tert-alkyl or cyclic N) is 1. The number of carbonyl (C=O) groups excluding carboxylic acids is 2. The van der Waals surface area contributed by atoms with E-state index >= 15 is 0 Å². The molecule has 1 heterocycles. The normalized spacial score (nSPS) is 17.8. The molecule has 2 rings (SSSR count). The molecule has 1 atom stereocenters. The Morgan fingerprint density at radius 3 is 2.52 bits per heavy atom. The molecule has 0 bridgehead atoms. The summed E-state index contributed by atoms with van der Waals surface area (Å²) in [6.45, 7) is 7.82. The van der Waals surface area contributed by atoms with Crippen molar-refractivity contribution in [2.45, 2.75) is 39.4 Å². The molecule has 6 heteroatoms. The first-order chi connectivity index (χ1) is 11.6. The number of aryl methyl sites for hydroxylation is 1. The van der Waals surface area contributed by atoms with Gasteiger partial charge in [-0.05, 0) is 62.6 Å². The van der Waals surface area contributed by atoms with Crippen molar-refractivity contribution in [3.8, 4) is 0 Å². The minimum atomic E-state index is -0.768. The summed E-state index contributed by atoms with van der Waals surface area (Å²) in [5.41, 5.74) is 2.43. The Morgan fingerprint density at radius 2 is 1.96 bits per heavy atom. The molecule has 0 spiro atoms. The van der Waals surface area contributed by atoms with Crippen LogP contribution in [0.25, 0.3) is 5.57 Å². The summed E-state index contributed by atoms with van der Waals surface area (Å²) in [7, 11) is 1.34. The van der Waals surface area contributed by atoms with Gasteiger partial charge in [-0.3, -0.25) is 0 Å². The number of aliphatic hydroxyl groups excluding tert-OH is 1. The van der Waals surface area contributed by atoms with Gasteiger partial charge in [-0.2, -0.15) is 0 Å². The largest absolute Gasteiger partial charge is 0.465 e. The lowest BCUT2D eigenvalue weighted by molar-refractivity contribution is 0.0196. The number of hydrogen-bond acceptors (Lipinski definition) is 5. The van der Waals surface area contributed by atoms with Crippen LogP contribution in [0.15, 0.2) is 24.3 Å². The highest BCUT2D eigenvalue weighted by Crippen LogP contribution is 2.26. The molecule has 0 saturated heterocycles. The van der Waals surface area contributed by atoms with Crippen LogP contribution in [0.1, 0.15) is 42.3 Å². The number of amides is 1. The Bertz CT molecular complexity index is 702. The maximum absolute atomic E-state index is 12.3. The number of nitrogens with zero attached hydrogens (tertiary/aromatic N) is 1. The predicted molar refractivity (Wildman–Crippen MR) is 94.3 cm³/mol. The molecule has 1 aliphatic heterocycles. The van der Waals surface area contributed by atoms with E-state index < -0.39 is 23.8 Å². The lowest BCUT2D eigenvalue weighted by Crippen LogP contribution is -2.43. The summed E-state index contributed by atoms with van der Waals surface area (Å²) < 4.78 is 10.1. The third kappa shape index (κ3) is 4.82. The molecule has 136 valence electrons. The molecule has 1 aliphatic rings. The van der Waals surface area contributed by atoms with Gasteiger partial charge in [-0.1, -0.05) is 6.07 Å². The number of esters is 1. The lowest BCUT2D eigenvalue weighted by atomic mass is 9.95. The Balaban J connectivity index is 2.24. The first kappa shape index (κ1) is 19.0. The molecule has 1 N–H and O–H groups in total. The van der Waals surface area contributed by atoms with Crippen LogP contribution in [0.4, 0.5) is 4.79 Å². The number of benzene rings is 1. The molecule has 1 aromatic rings. The van der Waals surface area contributed by atoms with Crippen molar-refractivity contribution in [3.63, 3.8) is 0 Å². The maximum atomic E-state index is 12.3. The highest BCUT2D eigenvalue weighted by Gasteiger charge is 2.28. The second-order valence-corrected chi connectivity index (χ2v) is 7.14. The van der Waals surface area contributed by atoms with Crippen LogP contribution in [-0.2, 0) is 9.47 Å². The van der Waals surface area contributed by atoms with Crippen LogP contribution < -0.4 is 0 Å². The number of aliphatic hydroxyl groups is 1. The van der Waals surface area contributed by atoms with E-state index in [1.54, 1.807) is 45.0 Å². The molecule has 1 amide bonds. The van der Waals surface area contributed by atoms with Crippen LogP contribution in [-0.4, -0.2) is 54.0 Å². The molecular formula is C19H25NO5. The van der Waals surface area contributed by atoms with Crippen molar-refractivity contribution >= 4 is 17.6 Å². The number of carbonyl (C=O) groups is 2. The van der Waals surface area contributed by atoms with Gasteiger partial charge in [0.25, 0.3) is 0 Å². The summed E-state index contributed by atoms with van der Waals surface area (Å²) in [5.74, 6) is -0.400. The van der Waals surface area contributed by atoms with Crippen molar-refractivity contribution in [1.82, 2.24) is 4.90 Å². The van der Waals surface area contributed by atoms with Crippen LogP contribution in [0.5, 0.6) is 0 Å². The van der Waals surface area contributed by atoms with E-state index in [1.165, 1.54) is 12.0 Å². The fourth-order valence-electron chi connectivity index (χ4n) is 2.74. The van der Waals surface area contributed by atoms with Crippen molar-refractivity contribution in [3.05, 3.63) is 41.0 Å². The van der Waals surface area contributed by atoms with Crippen molar-refractivity contribution in [2.24, 2.45) is 0 Å². The fraction of sp³-hybridized carbons (Fsp3) is 0.474. The van der Waals surface area contributed by atoms with Gasteiger partial charge in [-0.15, -0.1) is 0 Å². The summed E-state index contributed by atoms with van der Waals surface area (Å²) in [6.07, 6.45) is 0.512. The topological polar surface area (TPSA) is 76.1 Å². The zero-order valence-corrected chi connectivity index (χ0v) is 15.3. The second kappa shape index (κ2) is 7.27. The Morgan fingerprint density at radius 1 is 1.28 bits per heavy atom. The Labute approximate surface area is 148 Å². The molecule has 0 aromatic heterocycles. The van der Waals surface area contributed by atoms with E-state index in [9.17, 15) is 14.7 Å². The van der Waals surface area contributed by atoms with E-state index in [-0.39, 0.29) is 6.54 Å². The van der Waals surface area contributed by atoms with Crippen LogP contribution in [0, 0.1) is 6.92 Å². The number of rotatable bonds is 2. The van der Waals surface area contributed by atoms with E-state index in [1.807, 2.05) is 6.92 Å². The van der Waals surface area contributed by atoms with E-state index in [0.717, 1.165) is 16.7 Å². The first-order valence-corrected chi connectivity index (χ1v) is 8.16. The maximum Gasteiger partial charge on any atom is 0.410 e. The standard InChI is InChI=1S/C19H25NO5/c1-12-8-13(17(22)24-5)6-7-16(12)14-9-15(21)11-20(10-14)18(23)25-19(2,3)4/h6-9,15,21H,10-11H2,1-5H3/t15-/m1/s1. The molecular weight excluding hydrogens is 322 g/mol. The highest BCUT2D eigenvalue weighted by molar-refractivity contribution is 5.90. The molecule has 0 aliphatic carbocycles. The van der Waals surface area contributed by atoms with Gasteiger partial charge in [0.2, 0.25) is 0 Å². The SMILES string of the molecule is COC(=O)c1ccc(C2=C[C@@H](O)CN(C(=O)OC(C)(C)C)C2)c(C)c1. The summed E-state index contributed by atoms with van der Waals surface area (Å²) in [4.78, 5) is 25.4. The molecule has 6 nitrogen and oxygen atoms in total. The summed E-state index contributed by atoms with van der Waals surface area (Å²) in [5, 5.41) is 10.1. The van der Waals surface area contributed by atoms with E-state index in [2.05, 4.69) is 0 Å². The van der Waals surface area contributed by atoms with Gasteiger partial charge in [-0.25, -0.2) is 9.59 Å². The second-order valence-electron chi connectivity index (χ2n) is 7.14. The number of ether oxygens (including phenoxy) is 2. The Hall–Kier alpha value is -2.34. The van der Waals surface area contributed by atoms with Gasteiger partial charge in [0.05, 0.1) is 25.3 Å². The van der Waals surface area contributed by atoms with Crippen LogP contribution in [0.3, 0.4) is 0 Å². The number of methoxy groups -OCH3 is 1. The smallest absolute Gasteiger partial charge is 0.410 e. The highest BCUT2D eigenvalue weighted by atomic mass is 16.6. The minimum Gasteiger partial charge on any atom is -0.465 e. The summed E-state index contributed by atoms with van der Waals surface area (Å²) >= 11 is 0. The monoisotopic (exact) mass is 347 g/mol. The molecule has 0 unspecified atom stereocenters. The zero-order chi connectivity index (χ0) is 18.8. The first-order valence-electron chi connectivity index (χ1n) is 8.16. The van der Waals surface area contributed by atoms with E-state index in [0.29, 0.717) is 12.1 Å². The van der Waals surface area contributed by atoms with Gasteiger partial charge in [0, 0.05) is 6.54 Å². The summed E-state index contributed by atoms with van der Waals surface area (Å²) in [6, 6.07) is 5.22. The van der Waals surface area contributed by atoms with Gasteiger partial charge in [0.1, 0.15) is 5.60 Å². The van der Waals surface area contributed by atoms with Crippen LogP contribution >= 0.6 is 0 Å². The van der Waals surface area contributed by atoms with Crippen molar-refractivity contribution in [2.75, 3.05) is 20.2 Å². The zero-order valence-electron chi connectivity index (χ0n) is 15.3. The average Bonchev–Trinajstić information content (AvgIpc) is 2.51. The average molecular weight is 347 g/mol. The minimum absolute atomic E-state index is 0.192. The predicted octanol–water partition coefficient (Wildman–Crippen LogP) is 2.78. The van der Waals surface area contributed by atoms with Gasteiger partial charge in [0.15, 0.2) is 0 Å². The molecule has 1 aromatic carbocycles. The lowest BCUT2D eigenvalue weighted by Gasteiger charge is -2.32. The Kier molecular flexibility index (Phi) is 5.52. The molecule has 25 heavy (non-hydrogen) atoms. The molecule has 0 radical (unpaired) electrons. The molecule has 0 fully saturated rings. The van der Waals surface area contributed by atoms with E-state index in [4.69, 9.17) is 9.47 Å². The van der Waals surface area contributed by atoms with Crippen LogP contribution in [0.2, 0.25) is 0 Å². The quantitative estimate of drug-likeness (QED) is 0.833. The number of hydrogen-bond donors (Lipinski definition) is 1. The third-order valence-corrected chi connectivity index (χ3v) is 3.81. The molecule has 0 saturated carbocycles. The third-order valence-electron chi connectivity index (χ3n) is 3.81. The fourth-order valence-corrected chi connectivity index (χ4v) is 2.74. The van der Waals surface area contributed by atoms with Gasteiger partial charge >= 0.3 is 12.1 Å². The van der Waals surface area contributed by atoms with Crippen molar-refractivity contribution in [1.29, 1.82) is 0 Å².